The fourth-order valence-corrected chi connectivity index (χ4v) is 1.97. The van der Waals surface area contributed by atoms with Crippen molar-refractivity contribution in [1.29, 1.82) is 0 Å². The molecule has 3 N–H and O–H groups in total. The van der Waals surface area contributed by atoms with Crippen LogP contribution in [-0.4, -0.2) is 50.4 Å². The molecule has 2 atom stereocenters. The van der Waals surface area contributed by atoms with Gasteiger partial charge in [0.05, 0.1) is 12.0 Å². The zero-order valence-electron chi connectivity index (χ0n) is 15.2. The third kappa shape index (κ3) is 6.82. The van der Waals surface area contributed by atoms with Crippen molar-refractivity contribution in [2.45, 2.75) is 64.7 Å². The minimum atomic E-state index is -1.59. The topological polar surface area (TPSA) is 131 Å². The first kappa shape index (κ1) is 20.5. The van der Waals surface area contributed by atoms with Gasteiger partial charge in [-0.05, 0) is 41.5 Å². The molecule has 1 heterocycles. The zero-order chi connectivity index (χ0) is 19.4. The van der Waals surface area contributed by atoms with Crippen LogP contribution in [0, 0.1) is 0 Å². The number of esters is 1. The summed E-state index contributed by atoms with van der Waals surface area (Å²) in [4.78, 5) is 42.7. The molecule has 0 aliphatic heterocycles. The monoisotopic (exact) mass is 355 g/mol. The second kappa shape index (κ2) is 7.54. The summed E-state index contributed by atoms with van der Waals surface area (Å²) in [5, 5.41) is 11.7. The molecule has 1 rings (SSSR count). The molecule has 0 radical (unpaired) electrons. The molecule has 0 bridgehead atoms. The van der Waals surface area contributed by atoms with Crippen LogP contribution < -0.4 is 5.32 Å². The number of imidazole rings is 1. The van der Waals surface area contributed by atoms with Crippen molar-refractivity contribution in [3.05, 3.63) is 18.2 Å². The van der Waals surface area contributed by atoms with Gasteiger partial charge in [-0.25, -0.2) is 14.6 Å². The first-order valence-electron chi connectivity index (χ1n) is 7.73. The summed E-state index contributed by atoms with van der Waals surface area (Å²) >= 11 is 0. The highest BCUT2D eigenvalue weighted by Gasteiger charge is 2.40. The third-order valence-electron chi connectivity index (χ3n) is 2.79. The molecule has 1 aromatic rings. The van der Waals surface area contributed by atoms with Crippen molar-refractivity contribution in [1.82, 2.24) is 15.3 Å². The van der Waals surface area contributed by atoms with E-state index in [0.29, 0.717) is 0 Å². The number of carbonyl (C=O) groups is 3. The number of amides is 1. The Labute approximate surface area is 146 Å². The fraction of sp³-hybridized carbons (Fsp3) is 0.625. The molecule has 0 aromatic carbocycles. The van der Waals surface area contributed by atoms with Crippen molar-refractivity contribution in [2.24, 2.45) is 0 Å². The van der Waals surface area contributed by atoms with Crippen LogP contribution in [0.15, 0.2) is 12.5 Å². The van der Waals surface area contributed by atoms with Gasteiger partial charge >= 0.3 is 18.0 Å². The van der Waals surface area contributed by atoms with Crippen molar-refractivity contribution in [3.8, 4) is 0 Å². The van der Waals surface area contributed by atoms with Crippen LogP contribution in [0.5, 0.6) is 0 Å². The zero-order valence-corrected chi connectivity index (χ0v) is 15.2. The van der Waals surface area contributed by atoms with Crippen LogP contribution in [0.25, 0.3) is 0 Å². The number of nitrogens with one attached hydrogen (secondary N) is 2. The number of carboxylic acids is 1. The van der Waals surface area contributed by atoms with Crippen LogP contribution in [0.4, 0.5) is 4.79 Å². The average molecular weight is 355 g/mol. The molecule has 0 saturated carbocycles. The standard InChI is InChI=1S/C16H25N3O6/c1-15(2,3)24-13(22)10(9-7-17-8-18-9)11(12(20)21)19-14(23)25-16(4,5)6/h7-8,10-11H,1-6H3,(H,17,18)(H,19,23)(H,20,21)/t10?,11-/m0/s1. The summed E-state index contributed by atoms with van der Waals surface area (Å²) in [6.45, 7) is 9.90. The summed E-state index contributed by atoms with van der Waals surface area (Å²) in [7, 11) is 0. The molecule has 0 aliphatic rings. The molecule has 0 spiro atoms. The summed E-state index contributed by atoms with van der Waals surface area (Å²) < 4.78 is 10.4. The Bertz CT molecular complexity index is 613. The number of rotatable bonds is 5. The highest BCUT2D eigenvalue weighted by Crippen LogP contribution is 2.23. The highest BCUT2D eigenvalue weighted by atomic mass is 16.6. The number of carboxylic acid groups (broad SMARTS) is 1. The van der Waals surface area contributed by atoms with Crippen molar-refractivity contribution in [2.75, 3.05) is 0 Å². The number of aromatic amines is 1. The molecule has 1 amide bonds. The maximum absolute atomic E-state index is 12.5. The van der Waals surface area contributed by atoms with E-state index >= 15 is 0 Å². The summed E-state index contributed by atoms with van der Waals surface area (Å²) in [6.07, 6.45) is 1.66. The molecule has 9 heteroatoms. The number of nitrogens with zero attached hydrogens (tertiary/aromatic N) is 1. The molecule has 140 valence electrons. The lowest BCUT2D eigenvalue weighted by Crippen LogP contribution is -2.50. The van der Waals surface area contributed by atoms with Crippen molar-refractivity contribution < 1.29 is 29.0 Å². The van der Waals surface area contributed by atoms with E-state index in [1.807, 2.05) is 0 Å². The molecule has 9 nitrogen and oxygen atoms in total. The first-order chi connectivity index (χ1) is 11.3. The SMILES string of the molecule is CC(C)(C)OC(=O)N[C@H](C(=O)O)C(C(=O)OC(C)(C)C)c1cnc[nH]1. The molecule has 0 fully saturated rings. The van der Waals surface area contributed by atoms with Crippen molar-refractivity contribution in [3.63, 3.8) is 0 Å². The van der Waals surface area contributed by atoms with Gasteiger partial charge in [0, 0.05) is 6.20 Å². The summed E-state index contributed by atoms with van der Waals surface area (Å²) in [6, 6.07) is -1.59. The van der Waals surface area contributed by atoms with E-state index in [4.69, 9.17) is 9.47 Å². The molecule has 25 heavy (non-hydrogen) atoms. The molecular formula is C16H25N3O6. The summed E-state index contributed by atoms with van der Waals surface area (Å²) in [5.74, 6) is -3.52. The number of aliphatic carboxylic acids is 1. The number of carbonyl (C=O) groups excluding carboxylic acids is 2. The number of hydrogen-bond donors (Lipinski definition) is 3. The largest absolute Gasteiger partial charge is 0.480 e. The van der Waals surface area contributed by atoms with E-state index in [-0.39, 0.29) is 5.69 Å². The number of H-pyrrole nitrogens is 1. The molecule has 1 unspecified atom stereocenters. The van der Waals surface area contributed by atoms with Gasteiger partial charge in [-0.1, -0.05) is 0 Å². The van der Waals surface area contributed by atoms with Gasteiger partial charge < -0.3 is 24.9 Å². The molecule has 0 saturated heterocycles. The van der Waals surface area contributed by atoms with Gasteiger partial charge in [0.15, 0.2) is 0 Å². The third-order valence-corrected chi connectivity index (χ3v) is 2.79. The van der Waals surface area contributed by atoms with E-state index in [0.717, 1.165) is 0 Å². The van der Waals surface area contributed by atoms with Crippen LogP contribution >= 0.6 is 0 Å². The van der Waals surface area contributed by atoms with E-state index in [2.05, 4.69) is 15.3 Å². The van der Waals surface area contributed by atoms with Gasteiger partial charge in [-0.3, -0.25) is 4.79 Å². The van der Waals surface area contributed by atoms with E-state index < -0.39 is 41.2 Å². The van der Waals surface area contributed by atoms with Crippen LogP contribution in [0.2, 0.25) is 0 Å². The second-order valence-electron chi connectivity index (χ2n) is 7.48. The van der Waals surface area contributed by atoms with Gasteiger partial charge in [-0.15, -0.1) is 0 Å². The Kier molecular flexibility index (Phi) is 6.17. The van der Waals surface area contributed by atoms with Crippen LogP contribution in [0.1, 0.15) is 53.2 Å². The first-order valence-corrected chi connectivity index (χ1v) is 7.73. The minimum Gasteiger partial charge on any atom is -0.480 e. The summed E-state index contributed by atoms with van der Waals surface area (Å²) in [5.41, 5.74) is -1.44. The Morgan fingerprint density at radius 2 is 1.68 bits per heavy atom. The predicted octanol–water partition coefficient (Wildman–Crippen LogP) is 1.81. The van der Waals surface area contributed by atoms with E-state index in [1.165, 1.54) is 12.5 Å². The number of hydrogen-bond acceptors (Lipinski definition) is 6. The molecule has 1 aromatic heterocycles. The average Bonchev–Trinajstić information content (AvgIpc) is 2.86. The predicted molar refractivity (Wildman–Crippen MR) is 88.0 cm³/mol. The number of aromatic nitrogens is 2. The van der Waals surface area contributed by atoms with E-state index in [1.54, 1.807) is 41.5 Å². The van der Waals surface area contributed by atoms with E-state index in [9.17, 15) is 19.5 Å². The van der Waals surface area contributed by atoms with Gasteiger partial charge in [0.1, 0.15) is 23.2 Å². The lowest BCUT2D eigenvalue weighted by Gasteiger charge is -2.28. The Hall–Kier alpha value is -2.58. The van der Waals surface area contributed by atoms with Gasteiger partial charge in [0.25, 0.3) is 0 Å². The smallest absolute Gasteiger partial charge is 0.408 e. The minimum absolute atomic E-state index is 0.206. The highest BCUT2D eigenvalue weighted by molar-refractivity contribution is 5.90. The molecular weight excluding hydrogens is 330 g/mol. The van der Waals surface area contributed by atoms with Crippen LogP contribution in [0.3, 0.4) is 0 Å². The Morgan fingerprint density at radius 3 is 2.08 bits per heavy atom. The number of ether oxygens (including phenoxy) is 2. The lowest BCUT2D eigenvalue weighted by molar-refractivity contribution is -0.160. The van der Waals surface area contributed by atoms with Gasteiger partial charge in [-0.2, -0.15) is 0 Å². The normalized spacial score (nSPS) is 14.3. The maximum atomic E-state index is 12.5. The van der Waals surface area contributed by atoms with Crippen molar-refractivity contribution >= 4 is 18.0 Å². The Balaban J connectivity index is 3.12. The van der Waals surface area contributed by atoms with Crippen LogP contribution in [-0.2, 0) is 19.1 Å². The lowest BCUT2D eigenvalue weighted by atomic mass is 9.96. The molecule has 0 aliphatic carbocycles. The fourth-order valence-electron chi connectivity index (χ4n) is 1.97. The van der Waals surface area contributed by atoms with Gasteiger partial charge in [0.2, 0.25) is 0 Å². The maximum Gasteiger partial charge on any atom is 0.408 e. The number of alkyl carbamates (subject to hydrolysis) is 1. The Morgan fingerprint density at radius 1 is 1.12 bits per heavy atom. The quantitative estimate of drug-likeness (QED) is 0.687. The second-order valence-corrected chi connectivity index (χ2v) is 7.48.